The Morgan fingerprint density at radius 2 is 2.17 bits per heavy atom. The molecule has 4 heterocycles. The standard InChI is InChI=1S/C20H26N2O2/c1-23-14-4-2-3-13-17(14)21-15-5-7-19-9-12-24-16(19)6-10-22-11-8-20(13,15)18(19)22/h2-4,15-16,18,21H,5-12H2,1H3/t15-,16-,18-,19-,20-/m0/s1. The van der Waals surface area contributed by atoms with Gasteiger partial charge in [-0.25, -0.2) is 0 Å². The molecule has 4 heteroatoms. The third-order valence-electron chi connectivity index (χ3n) is 8.00. The second-order valence-corrected chi connectivity index (χ2v) is 8.48. The Labute approximate surface area is 143 Å². The number of nitrogens with zero attached hydrogens (tertiary/aromatic N) is 1. The predicted octanol–water partition coefficient (Wildman–Crippen LogP) is 2.77. The quantitative estimate of drug-likeness (QED) is 0.860. The molecule has 2 spiro atoms. The Bertz CT molecular complexity index is 707. The highest BCUT2D eigenvalue weighted by molar-refractivity contribution is 5.71. The van der Waals surface area contributed by atoms with E-state index in [1.807, 2.05) is 0 Å². The van der Waals surface area contributed by atoms with E-state index in [1.165, 1.54) is 56.4 Å². The SMILES string of the molecule is COc1cccc2c1N[C@H]1CC[C@]34CCO[C@H]3CCN3CC[C@]21[C@@H]34. The van der Waals surface area contributed by atoms with Gasteiger partial charge in [0.25, 0.3) is 0 Å². The number of para-hydroxylation sites is 1. The second-order valence-electron chi connectivity index (χ2n) is 8.48. The number of rotatable bonds is 1. The molecule has 4 nitrogen and oxygen atoms in total. The predicted molar refractivity (Wildman–Crippen MR) is 92.7 cm³/mol. The van der Waals surface area contributed by atoms with Crippen LogP contribution >= 0.6 is 0 Å². The molecule has 0 bridgehead atoms. The third kappa shape index (κ3) is 1.37. The fourth-order valence-corrected chi connectivity index (χ4v) is 7.26. The Morgan fingerprint density at radius 3 is 3.08 bits per heavy atom. The second kappa shape index (κ2) is 4.47. The Kier molecular flexibility index (Phi) is 2.60. The lowest BCUT2D eigenvalue weighted by Gasteiger charge is -2.58. The molecule has 4 fully saturated rings. The zero-order chi connectivity index (χ0) is 15.9. The maximum Gasteiger partial charge on any atom is 0.142 e. The van der Waals surface area contributed by atoms with Gasteiger partial charge in [-0.05, 0) is 50.3 Å². The summed E-state index contributed by atoms with van der Waals surface area (Å²) in [7, 11) is 1.79. The number of hydrogen-bond donors (Lipinski definition) is 1. The molecule has 4 aliphatic heterocycles. The van der Waals surface area contributed by atoms with Crippen molar-refractivity contribution in [3.63, 3.8) is 0 Å². The number of anilines is 1. The molecule has 6 rings (SSSR count). The zero-order valence-corrected chi connectivity index (χ0v) is 14.4. The minimum Gasteiger partial charge on any atom is -0.495 e. The third-order valence-corrected chi connectivity index (χ3v) is 8.00. The molecular weight excluding hydrogens is 300 g/mol. The summed E-state index contributed by atoms with van der Waals surface area (Å²) in [4.78, 5) is 2.81. The lowest BCUT2D eigenvalue weighted by atomic mass is 9.52. The maximum absolute atomic E-state index is 6.25. The smallest absolute Gasteiger partial charge is 0.142 e. The summed E-state index contributed by atoms with van der Waals surface area (Å²) in [5, 5.41) is 3.89. The molecule has 1 N–H and O–H groups in total. The largest absolute Gasteiger partial charge is 0.495 e. The first-order chi connectivity index (χ1) is 11.8. The van der Waals surface area contributed by atoms with Crippen LogP contribution in [0.2, 0.25) is 0 Å². The summed E-state index contributed by atoms with van der Waals surface area (Å²) in [6.07, 6.45) is 6.84. The van der Waals surface area contributed by atoms with Gasteiger partial charge in [-0.2, -0.15) is 0 Å². The molecule has 1 aromatic carbocycles. The minimum atomic E-state index is 0.258. The molecule has 0 unspecified atom stereocenters. The van der Waals surface area contributed by atoms with Crippen LogP contribution in [0.15, 0.2) is 18.2 Å². The molecule has 0 aromatic heterocycles. The maximum atomic E-state index is 6.25. The van der Waals surface area contributed by atoms with E-state index in [1.54, 1.807) is 7.11 Å². The number of piperidine rings is 1. The molecule has 0 radical (unpaired) electrons. The molecule has 3 saturated heterocycles. The first kappa shape index (κ1) is 14.0. The number of benzene rings is 1. The molecular formula is C20H26N2O2. The molecule has 128 valence electrons. The number of fused-ring (bicyclic) bond motifs is 1. The average Bonchev–Trinajstić information content (AvgIpc) is 3.29. The van der Waals surface area contributed by atoms with Gasteiger partial charge >= 0.3 is 0 Å². The van der Waals surface area contributed by atoms with Crippen molar-refractivity contribution in [1.82, 2.24) is 4.90 Å². The van der Waals surface area contributed by atoms with Gasteiger partial charge in [-0.3, -0.25) is 4.90 Å². The van der Waals surface area contributed by atoms with Crippen molar-refractivity contribution < 1.29 is 9.47 Å². The Balaban J connectivity index is 1.57. The van der Waals surface area contributed by atoms with Gasteiger partial charge in [0.2, 0.25) is 0 Å². The summed E-state index contributed by atoms with van der Waals surface area (Å²) in [6.45, 7) is 3.42. The average molecular weight is 326 g/mol. The topological polar surface area (TPSA) is 33.7 Å². The molecule has 5 aliphatic rings. The van der Waals surface area contributed by atoms with Crippen molar-refractivity contribution in [2.75, 3.05) is 32.1 Å². The van der Waals surface area contributed by atoms with E-state index in [2.05, 4.69) is 28.4 Å². The van der Waals surface area contributed by atoms with Crippen molar-refractivity contribution in [2.24, 2.45) is 5.41 Å². The number of nitrogens with one attached hydrogen (secondary N) is 1. The van der Waals surface area contributed by atoms with Gasteiger partial charge in [-0.15, -0.1) is 0 Å². The van der Waals surface area contributed by atoms with E-state index in [-0.39, 0.29) is 5.41 Å². The summed E-state index contributed by atoms with van der Waals surface area (Å²) >= 11 is 0. The van der Waals surface area contributed by atoms with Gasteiger partial charge in [0.05, 0.1) is 18.9 Å². The van der Waals surface area contributed by atoms with Crippen LogP contribution in [0.3, 0.4) is 0 Å². The highest BCUT2D eigenvalue weighted by atomic mass is 16.5. The van der Waals surface area contributed by atoms with Crippen LogP contribution in [0.1, 0.15) is 37.7 Å². The summed E-state index contributed by atoms with van der Waals surface area (Å²) in [5.74, 6) is 1.01. The molecule has 5 atom stereocenters. The van der Waals surface area contributed by atoms with Crippen molar-refractivity contribution in [1.29, 1.82) is 0 Å². The lowest BCUT2D eigenvalue weighted by Crippen LogP contribution is -2.66. The van der Waals surface area contributed by atoms with E-state index in [4.69, 9.17) is 9.47 Å². The fourth-order valence-electron chi connectivity index (χ4n) is 7.26. The van der Waals surface area contributed by atoms with Gasteiger partial charge in [0.1, 0.15) is 5.75 Å². The normalized spacial score (nSPS) is 45.1. The molecule has 1 aliphatic carbocycles. The summed E-state index contributed by atoms with van der Waals surface area (Å²) < 4.78 is 11.9. The van der Waals surface area contributed by atoms with Crippen molar-refractivity contribution in [3.05, 3.63) is 23.8 Å². The summed E-state index contributed by atoms with van der Waals surface area (Å²) in [6, 6.07) is 7.86. The first-order valence-electron chi connectivity index (χ1n) is 9.59. The minimum absolute atomic E-state index is 0.258. The highest BCUT2D eigenvalue weighted by Gasteiger charge is 2.70. The van der Waals surface area contributed by atoms with Gasteiger partial charge in [0.15, 0.2) is 0 Å². The Hall–Kier alpha value is -1.26. The van der Waals surface area contributed by atoms with E-state index < -0.39 is 0 Å². The van der Waals surface area contributed by atoms with Crippen LogP contribution in [0.25, 0.3) is 0 Å². The van der Waals surface area contributed by atoms with Crippen LogP contribution in [0.5, 0.6) is 5.75 Å². The van der Waals surface area contributed by atoms with Crippen molar-refractivity contribution in [2.45, 2.75) is 55.7 Å². The number of methoxy groups -OCH3 is 1. The van der Waals surface area contributed by atoms with Crippen molar-refractivity contribution in [3.8, 4) is 5.75 Å². The molecule has 1 aromatic rings. The number of ether oxygens (including phenoxy) is 2. The zero-order valence-electron chi connectivity index (χ0n) is 14.4. The Morgan fingerprint density at radius 1 is 1.21 bits per heavy atom. The van der Waals surface area contributed by atoms with Gasteiger partial charge < -0.3 is 14.8 Å². The van der Waals surface area contributed by atoms with Crippen molar-refractivity contribution >= 4 is 5.69 Å². The van der Waals surface area contributed by atoms with E-state index >= 15 is 0 Å². The monoisotopic (exact) mass is 326 g/mol. The molecule has 0 amide bonds. The van der Waals surface area contributed by atoms with Gasteiger partial charge in [-0.1, -0.05) is 12.1 Å². The van der Waals surface area contributed by atoms with Crippen LogP contribution in [0.4, 0.5) is 5.69 Å². The van der Waals surface area contributed by atoms with E-state index in [0.29, 0.717) is 23.6 Å². The number of hydrogen-bond acceptors (Lipinski definition) is 4. The highest BCUT2D eigenvalue weighted by Crippen LogP contribution is 2.66. The first-order valence-corrected chi connectivity index (χ1v) is 9.59. The summed E-state index contributed by atoms with van der Waals surface area (Å²) in [5.41, 5.74) is 3.43. The lowest BCUT2D eigenvalue weighted by molar-refractivity contribution is -0.0849. The fraction of sp³-hybridized carbons (Fsp3) is 0.700. The van der Waals surface area contributed by atoms with Crippen LogP contribution in [0, 0.1) is 5.41 Å². The molecule has 1 saturated carbocycles. The van der Waals surface area contributed by atoms with Gasteiger partial charge in [0, 0.05) is 36.1 Å². The van der Waals surface area contributed by atoms with Crippen LogP contribution in [-0.2, 0) is 10.2 Å². The van der Waals surface area contributed by atoms with Crippen LogP contribution in [-0.4, -0.2) is 49.9 Å². The molecule has 24 heavy (non-hydrogen) atoms. The van der Waals surface area contributed by atoms with E-state index in [9.17, 15) is 0 Å². The van der Waals surface area contributed by atoms with Crippen LogP contribution < -0.4 is 10.1 Å². The van der Waals surface area contributed by atoms with E-state index in [0.717, 1.165) is 12.4 Å².